The van der Waals surface area contributed by atoms with Crippen LogP contribution in [0.3, 0.4) is 0 Å². The molecule has 3 rings (SSSR count). The number of nitrogens with zero attached hydrogens (tertiary/aromatic N) is 4. The minimum absolute atomic E-state index is 0.446. The van der Waals surface area contributed by atoms with Gasteiger partial charge in [0.05, 0.1) is 6.54 Å². The molecule has 1 aromatic rings. The Bertz CT molecular complexity index is 421. The molecule has 0 aliphatic carbocycles. The molecule has 2 aliphatic heterocycles. The Kier molecular flexibility index (Phi) is 3.70. The van der Waals surface area contributed by atoms with Crippen molar-refractivity contribution < 1.29 is 4.42 Å². The first-order chi connectivity index (χ1) is 9.28. The van der Waals surface area contributed by atoms with Crippen LogP contribution in [0.2, 0.25) is 0 Å². The summed E-state index contributed by atoms with van der Waals surface area (Å²) in [6, 6.07) is 1.80. The third-order valence-electron chi connectivity index (χ3n) is 4.17. The fraction of sp³-hybridized carbons (Fsp3) is 0.846. The van der Waals surface area contributed by atoms with Crippen molar-refractivity contribution in [2.24, 2.45) is 0 Å². The van der Waals surface area contributed by atoms with Crippen LogP contribution >= 0.6 is 0 Å². The Labute approximate surface area is 114 Å². The van der Waals surface area contributed by atoms with E-state index in [2.05, 4.69) is 39.2 Å². The van der Waals surface area contributed by atoms with E-state index >= 15 is 0 Å². The Morgan fingerprint density at radius 3 is 3.11 bits per heavy atom. The van der Waals surface area contributed by atoms with E-state index in [1.165, 1.54) is 19.4 Å². The number of aromatic nitrogens is 2. The van der Waals surface area contributed by atoms with Crippen molar-refractivity contribution in [1.29, 1.82) is 0 Å². The maximum atomic E-state index is 5.77. The topological polar surface area (TPSA) is 57.4 Å². The van der Waals surface area contributed by atoms with E-state index in [4.69, 9.17) is 4.42 Å². The second kappa shape index (κ2) is 5.46. The van der Waals surface area contributed by atoms with E-state index in [1.54, 1.807) is 0 Å². The van der Waals surface area contributed by atoms with Crippen LogP contribution in [0.25, 0.3) is 0 Å². The van der Waals surface area contributed by atoms with Crippen LogP contribution < -0.4 is 10.2 Å². The minimum atomic E-state index is 0.446. The molecule has 0 aromatic carbocycles. The normalized spacial score (nSPS) is 27.8. The molecule has 0 radical (unpaired) electrons. The molecule has 2 unspecified atom stereocenters. The number of fused-ring (bicyclic) bond motifs is 1. The number of hydrogen-bond donors (Lipinski definition) is 1. The van der Waals surface area contributed by atoms with Crippen molar-refractivity contribution in [3.63, 3.8) is 0 Å². The first-order valence-corrected chi connectivity index (χ1v) is 7.31. The summed E-state index contributed by atoms with van der Waals surface area (Å²) in [5.41, 5.74) is 0. The van der Waals surface area contributed by atoms with Gasteiger partial charge in [0.2, 0.25) is 5.89 Å². The second-order valence-electron chi connectivity index (χ2n) is 5.55. The van der Waals surface area contributed by atoms with Gasteiger partial charge in [0, 0.05) is 25.2 Å². The molecule has 6 nitrogen and oxygen atoms in total. The van der Waals surface area contributed by atoms with Gasteiger partial charge in [0.1, 0.15) is 0 Å². The molecule has 0 saturated carbocycles. The van der Waals surface area contributed by atoms with Gasteiger partial charge in [0.25, 0.3) is 0 Å². The summed E-state index contributed by atoms with van der Waals surface area (Å²) in [6.07, 6.45) is 2.61. The van der Waals surface area contributed by atoms with Crippen LogP contribution in [0.1, 0.15) is 32.6 Å². The fourth-order valence-electron chi connectivity index (χ4n) is 3.12. The summed E-state index contributed by atoms with van der Waals surface area (Å²) >= 11 is 0. The first-order valence-electron chi connectivity index (χ1n) is 7.31. The largest absolute Gasteiger partial charge is 0.407 e. The van der Waals surface area contributed by atoms with E-state index in [1.807, 2.05) is 0 Å². The highest BCUT2D eigenvalue weighted by Crippen LogP contribution is 2.27. The van der Waals surface area contributed by atoms with Crippen LogP contribution in [-0.4, -0.2) is 53.4 Å². The highest BCUT2D eigenvalue weighted by Gasteiger charge is 2.36. The molecule has 0 spiro atoms. The Balaban J connectivity index is 1.68. The monoisotopic (exact) mass is 265 g/mol. The number of rotatable bonds is 4. The van der Waals surface area contributed by atoms with E-state index in [0.717, 1.165) is 19.6 Å². The predicted octanol–water partition coefficient (Wildman–Crippen LogP) is 0.852. The fourth-order valence-corrected chi connectivity index (χ4v) is 3.12. The van der Waals surface area contributed by atoms with Crippen molar-refractivity contribution in [2.45, 2.75) is 45.3 Å². The van der Waals surface area contributed by atoms with Gasteiger partial charge in [-0.25, -0.2) is 0 Å². The lowest BCUT2D eigenvalue weighted by Crippen LogP contribution is -2.55. The number of piperazine rings is 1. The lowest BCUT2D eigenvalue weighted by molar-refractivity contribution is 0.197. The van der Waals surface area contributed by atoms with Gasteiger partial charge < -0.3 is 14.6 Å². The third kappa shape index (κ3) is 2.60. The van der Waals surface area contributed by atoms with Gasteiger partial charge in [-0.3, -0.25) is 4.90 Å². The van der Waals surface area contributed by atoms with Crippen molar-refractivity contribution >= 4 is 6.01 Å². The molecule has 1 N–H and O–H groups in total. The number of hydrogen-bond acceptors (Lipinski definition) is 6. The molecular formula is C13H23N5O. The molecule has 3 heterocycles. The number of nitrogens with one attached hydrogen (secondary N) is 1. The summed E-state index contributed by atoms with van der Waals surface area (Å²) in [5.74, 6) is 0.679. The molecule has 106 valence electrons. The molecule has 0 bridgehead atoms. The standard InChI is InChI=1S/C13H23N5O/c1-3-14-7-12-15-16-13(19-12)18-9-11-5-4-6-17(11)8-10(18)2/h10-11,14H,3-9H2,1-2H3. The van der Waals surface area contributed by atoms with Gasteiger partial charge in [-0.15, -0.1) is 5.10 Å². The summed E-state index contributed by atoms with van der Waals surface area (Å²) in [7, 11) is 0. The van der Waals surface area contributed by atoms with Crippen LogP contribution in [0, 0.1) is 0 Å². The quantitative estimate of drug-likeness (QED) is 0.871. The Morgan fingerprint density at radius 1 is 1.37 bits per heavy atom. The summed E-state index contributed by atoms with van der Waals surface area (Å²) in [4.78, 5) is 4.87. The predicted molar refractivity (Wildman–Crippen MR) is 73.1 cm³/mol. The molecule has 2 fully saturated rings. The minimum Gasteiger partial charge on any atom is -0.407 e. The number of anilines is 1. The van der Waals surface area contributed by atoms with Crippen molar-refractivity contribution in [3.05, 3.63) is 5.89 Å². The van der Waals surface area contributed by atoms with Crippen molar-refractivity contribution in [1.82, 2.24) is 20.4 Å². The van der Waals surface area contributed by atoms with Crippen LogP contribution in [0.4, 0.5) is 6.01 Å². The zero-order chi connectivity index (χ0) is 13.2. The average Bonchev–Trinajstić information content (AvgIpc) is 3.03. The lowest BCUT2D eigenvalue weighted by Gasteiger charge is -2.41. The molecule has 6 heteroatoms. The van der Waals surface area contributed by atoms with Crippen molar-refractivity contribution in [3.8, 4) is 0 Å². The molecule has 2 atom stereocenters. The molecule has 19 heavy (non-hydrogen) atoms. The van der Waals surface area contributed by atoms with E-state index in [0.29, 0.717) is 30.5 Å². The van der Waals surface area contributed by atoms with E-state index < -0.39 is 0 Å². The third-order valence-corrected chi connectivity index (χ3v) is 4.17. The van der Waals surface area contributed by atoms with Gasteiger partial charge in [-0.05, 0) is 32.9 Å². The Morgan fingerprint density at radius 2 is 2.26 bits per heavy atom. The molecule has 2 saturated heterocycles. The molecule has 2 aliphatic rings. The zero-order valence-electron chi connectivity index (χ0n) is 11.8. The Hall–Kier alpha value is -1.14. The average molecular weight is 265 g/mol. The van der Waals surface area contributed by atoms with Gasteiger partial charge in [-0.2, -0.15) is 0 Å². The highest BCUT2D eigenvalue weighted by atomic mass is 16.4. The summed E-state index contributed by atoms with van der Waals surface area (Å²) in [5, 5.41) is 11.5. The summed E-state index contributed by atoms with van der Waals surface area (Å²) < 4.78 is 5.77. The second-order valence-corrected chi connectivity index (χ2v) is 5.55. The van der Waals surface area contributed by atoms with Crippen LogP contribution in [0.15, 0.2) is 4.42 Å². The van der Waals surface area contributed by atoms with Crippen molar-refractivity contribution in [2.75, 3.05) is 31.1 Å². The SMILES string of the molecule is CCNCc1nnc(N2CC3CCCN3CC2C)o1. The van der Waals surface area contributed by atoms with Gasteiger partial charge in [0.15, 0.2) is 0 Å². The smallest absolute Gasteiger partial charge is 0.318 e. The van der Waals surface area contributed by atoms with Gasteiger partial charge in [-0.1, -0.05) is 12.0 Å². The van der Waals surface area contributed by atoms with Crippen LogP contribution in [-0.2, 0) is 6.54 Å². The highest BCUT2D eigenvalue weighted by molar-refractivity contribution is 5.29. The zero-order valence-corrected chi connectivity index (χ0v) is 11.8. The van der Waals surface area contributed by atoms with Crippen LogP contribution in [0.5, 0.6) is 0 Å². The maximum absolute atomic E-state index is 5.77. The lowest BCUT2D eigenvalue weighted by atomic mass is 10.1. The molecule has 0 amide bonds. The first kappa shape index (κ1) is 12.9. The van der Waals surface area contributed by atoms with Gasteiger partial charge >= 0.3 is 6.01 Å². The summed E-state index contributed by atoms with van der Waals surface area (Å²) in [6.45, 7) is 9.25. The van der Waals surface area contributed by atoms with E-state index in [9.17, 15) is 0 Å². The molecular weight excluding hydrogens is 242 g/mol. The van der Waals surface area contributed by atoms with E-state index in [-0.39, 0.29) is 0 Å². The molecule has 1 aromatic heterocycles. The maximum Gasteiger partial charge on any atom is 0.318 e.